The Bertz CT molecular complexity index is 504. The third kappa shape index (κ3) is 4.16. The van der Waals surface area contributed by atoms with Crippen molar-refractivity contribution in [3.63, 3.8) is 0 Å². The monoisotopic (exact) mass is 337 g/mol. The van der Waals surface area contributed by atoms with Crippen LogP contribution >= 0.6 is 27.3 Å². The maximum atomic E-state index is 3.59. The van der Waals surface area contributed by atoms with Crippen LogP contribution in [0.4, 0.5) is 0 Å². The number of likely N-dealkylation sites (N-methyl/N-ethyl adjacent to an activating group) is 1. The van der Waals surface area contributed by atoms with E-state index in [0.717, 1.165) is 23.9 Å². The smallest absolute Gasteiger partial charge is 0.0368 e. The van der Waals surface area contributed by atoms with E-state index in [0.29, 0.717) is 6.04 Å². The second-order valence-electron chi connectivity index (χ2n) is 4.59. The van der Waals surface area contributed by atoms with Crippen molar-refractivity contribution in [2.75, 3.05) is 6.54 Å². The van der Waals surface area contributed by atoms with E-state index < -0.39 is 0 Å². The SMILES string of the molecule is CCNC(Cc1ccc(CC)s1)c1ccc(Br)cc1. The third-order valence-electron chi connectivity index (χ3n) is 3.19. The van der Waals surface area contributed by atoms with Crippen molar-refractivity contribution in [1.29, 1.82) is 0 Å². The molecule has 1 N–H and O–H groups in total. The van der Waals surface area contributed by atoms with Crippen LogP contribution in [0.1, 0.15) is 35.2 Å². The number of aryl methyl sites for hydroxylation is 1. The normalized spacial score (nSPS) is 12.6. The first-order valence-electron chi connectivity index (χ1n) is 6.79. The molecule has 0 amide bonds. The Kier molecular flexibility index (Phi) is 5.61. The van der Waals surface area contributed by atoms with Crippen molar-refractivity contribution in [2.24, 2.45) is 0 Å². The summed E-state index contributed by atoms with van der Waals surface area (Å²) < 4.78 is 1.14. The van der Waals surface area contributed by atoms with Gasteiger partial charge in [0.25, 0.3) is 0 Å². The summed E-state index contributed by atoms with van der Waals surface area (Å²) in [6.07, 6.45) is 2.20. The summed E-state index contributed by atoms with van der Waals surface area (Å²) in [5, 5.41) is 3.59. The van der Waals surface area contributed by atoms with Crippen LogP contribution in [-0.4, -0.2) is 6.54 Å². The van der Waals surface area contributed by atoms with E-state index in [-0.39, 0.29) is 0 Å². The number of halogens is 1. The summed E-state index contributed by atoms with van der Waals surface area (Å²) in [6, 6.07) is 13.6. The highest BCUT2D eigenvalue weighted by molar-refractivity contribution is 9.10. The molecule has 0 bridgehead atoms. The van der Waals surface area contributed by atoms with Crippen molar-refractivity contribution in [2.45, 2.75) is 32.7 Å². The molecule has 102 valence electrons. The summed E-state index contributed by atoms with van der Waals surface area (Å²) in [6.45, 7) is 5.37. The minimum absolute atomic E-state index is 0.404. The van der Waals surface area contributed by atoms with E-state index in [9.17, 15) is 0 Å². The van der Waals surface area contributed by atoms with Gasteiger partial charge in [0, 0.05) is 26.7 Å². The summed E-state index contributed by atoms with van der Waals surface area (Å²) in [4.78, 5) is 2.94. The zero-order chi connectivity index (χ0) is 13.7. The number of rotatable bonds is 6. The van der Waals surface area contributed by atoms with Gasteiger partial charge in [-0.15, -0.1) is 11.3 Å². The molecule has 0 fully saturated rings. The fourth-order valence-electron chi connectivity index (χ4n) is 2.17. The molecule has 0 aliphatic carbocycles. The predicted molar refractivity (Wildman–Crippen MR) is 88.0 cm³/mol. The van der Waals surface area contributed by atoms with Crippen molar-refractivity contribution in [1.82, 2.24) is 5.32 Å². The maximum Gasteiger partial charge on any atom is 0.0368 e. The molecule has 19 heavy (non-hydrogen) atoms. The molecule has 1 aromatic heterocycles. The van der Waals surface area contributed by atoms with Crippen LogP contribution in [0.25, 0.3) is 0 Å². The van der Waals surface area contributed by atoms with Gasteiger partial charge in [-0.1, -0.05) is 41.9 Å². The second kappa shape index (κ2) is 7.22. The Morgan fingerprint density at radius 3 is 2.32 bits per heavy atom. The molecule has 1 heterocycles. The van der Waals surface area contributed by atoms with Crippen molar-refractivity contribution in [3.8, 4) is 0 Å². The fraction of sp³-hybridized carbons (Fsp3) is 0.375. The van der Waals surface area contributed by atoms with E-state index in [1.807, 2.05) is 11.3 Å². The lowest BCUT2D eigenvalue weighted by Gasteiger charge is -2.17. The van der Waals surface area contributed by atoms with Crippen LogP contribution in [0.2, 0.25) is 0 Å². The zero-order valence-corrected chi connectivity index (χ0v) is 13.9. The molecule has 0 aliphatic heterocycles. The van der Waals surface area contributed by atoms with Gasteiger partial charge in [-0.05, 0) is 42.8 Å². The maximum absolute atomic E-state index is 3.59. The summed E-state index contributed by atoms with van der Waals surface area (Å²) in [7, 11) is 0. The molecule has 1 nitrogen and oxygen atoms in total. The van der Waals surface area contributed by atoms with Gasteiger partial charge in [0.05, 0.1) is 0 Å². The van der Waals surface area contributed by atoms with Crippen LogP contribution in [0.5, 0.6) is 0 Å². The highest BCUT2D eigenvalue weighted by Crippen LogP contribution is 2.25. The van der Waals surface area contributed by atoms with Gasteiger partial charge in [0.15, 0.2) is 0 Å². The lowest BCUT2D eigenvalue weighted by molar-refractivity contribution is 0.553. The van der Waals surface area contributed by atoms with E-state index >= 15 is 0 Å². The van der Waals surface area contributed by atoms with Gasteiger partial charge in [0.1, 0.15) is 0 Å². The molecule has 0 aliphatic rings. The molecule has 2 aromatic rings. The molecule has 1 unspecified atom stereocenters. The summed E-state index contributed by atoms with van der Waals surface area (Å²) in [5.41, 5.74) is 1.36. The largest absolute Gasteiger partial charge is 0.310 e. The molecule has 0 saturated carbocycles. The molecule has 0 spiro atoms. The van der Waals surface area contributed by atoms with Crippen LogP contribution in [-0.2, 0) is 12.8 Å². The molecular formula is C16H20BrNS. The highest BCUT2D eigenvalue weighted by atomic mass is 79.9. The Balaban J connectivity index is 2.13. The van der Waals surface area contributed by atoms with Crippen LogP contribution < -0.4 is 5.32 Å². The van der Waals surface area contributed by atoms with Crippen molar-refractivity contribution >= 4 is 27.3 Å². The Labute approximate surface area is 128 Å². The van der Waals surface area contributed by atoms with Crippen molar-refractivity contribution in [3.05, 3.63) is 56.2 Å². The minimum atomic E-state index is 0.404. The standard InChI is InChI=1S/C16H20BrNS/c1-3-14-9-10-15(19-14)11-16(18-4-2)12-5-7-13(17)8-6-12/h5-10,16,18H,3-4,11H2,1-2H3. The van der Waals surface area contributed by atoms with Gasteiger partial charge < -0.3 is 5.32 Å². The summed E-state index contributed by atoms with van der Waals surface area (Å²) >= 11 is 5.43. The lowest BCUT2D eigenvalue weighted by Crippen LogP contribution is -2.22. The summed E-state index contributed by atoms with van der Waals surface area (Å²) in [5.74, 6) is 0. The Morgan fingerprint density at radius 1 is 1.05 bits per heavy atom. The topological polar surface area (TPSA) is 12.0 Å². The first kappa shape index (κ1) is 14.8. The van der Waals surface area contributed by atoms with E-state index in [4.69, 9.17) is 0 Å². The lowest BCUT2D eigenvalue weighted by atomic mass is 10.0. The molecule has 0 radical (unpaired) electrons. The van der Waals surface area contributed by atoms with Crippen LogP contribution in [0.15, 0.2) is 40.9 Å². The molecule has 3 heteroatoms. The highest BCUT2D eigenvalue weighted by Gasteiger charge is 2.12. The average Bonchev–Trinajstić information content (AvgIpc) is 2.87. The van der Waals surface area contributed by atoms with Gasteiger partial charge >= 0.3 is 0 Å². The van der Waals surface area contributed by atoms with Crippen LogP contribution in [0.3, 0.4) is 0 Å². The van der Waals surface area contributed by atoms with E-state index in [1.165, 1.54) is 15.3 Å². The number of hydrogen-bond acceptors (Lipinski definition) is 2. The first-order valence-corrected chi connectivity index (χ1v) is 8.40. The van der Waals surface area contributed by atoms with E-state index in [1.54, 1.807) is 0 Å². The second-order valence-corrected chi connectivity index (χ2v) is 6.76. The predicted octanol–water partition coefficient (Wildman–Crippen LogP) is 4.97. The molecular weight excluding hydrogens is 318 g/mol. The number of hydrogen-bond donors (Lipinski definition) is 1. The van der Waals surface area contributed by atoms with Crippen molar-refractivity contribution < 1.29 is 0 Å². The van der Waals surface area contributed by atoms with Crippen LogP contribution in [0, 0.1) is 0 Å². The average molecular weight is 338 g/mol. The minimum Gasteiger partial charge on any atom is -0.310 e. The van der Waals surface area contributed by atoms with Gasteiger partial charge in [-0.2, -0.15) is 0 Å². The van der Waals surface area contributed by atoms with Gasteiger partial charge in [-0.3, -0.25) is 0 Å². The first-order chi connectivity index (χ1) is 9.22. The molecule has 1 atom stereocenters. The third-order valence-corrected chi connectivity index (χ3v) is 4.97. The Morgan fingerprint density at radius 2 is 1.74 bits per heavy atom. The number of nitrogens with one attached hydrogen (secondary N) is 1. The number of benzene rings is 1. The van der Waals surface area contributed by atoms with Gasteiger partial charge in [-0.25, -0.2) is 0 Å². The van der Waals surface area contributed by atoms with E-state index in [2.05, 4.69) is 71.5 Å². The molecule has 1 aromatic carbocycles. The fourth-order valence-corrected chi connectivity index (χ4v) is 3.44. The van der Waals surface area contributed by atoms with Gasteiger partial charge in [0.2, 0.25) is 0 Å². The quantitative estimate of drug-likeness (QED) is 0.784. The molecule has 0 saturated heterocycles. The number of thiophene rings is 1. The Hall–Kier alpha value is -0.640. The zero-order valence-electron chi connectivity index (χ0n) is 11.4. The molecule has 2 rings (SSSR count).